The molecule has 0 bridgehead atoms. The van der Waals surface area contributed by atoms with E-state index in [1.807, 2.05) is 6.08 Å². The summed E-state index contributed by atoms with van der Waals surface area (Å²) in [5.41, 5.74) is 2.12. The van der Waals surface area contributed by atoms with E-state index in [0.717, 1.165) is 11.1 Å². The van der Waals surface area contributed by atoms with Crippen LogP contribution in [0.15, 0.2) is 17.2 Å². The predicted molar refractivity (Wildman–Crippen MR) is 60.2 cm³/mol. The first-order valence-corrected chi connectivity index (χ1v) is 4.72. The third kappa shape index (κ3) is 6.47. The topological polar surface area (TPSA) is 0 Å². The fraction of sp³-hybridized carbons (Fsp3) is 0.615. The smallest absolute Gasteiger partial charge is 0.289 e. The molecule has 0 atom stereocenters. The van der Waals surface area contributed by atoms with Gasteiger partial charge in [0, 0.05) is 0 Å². The van der Waals surface area contributed by atoms with Gasteiger partial charge in [0.1, 0.15) is 0 Å². The van der Waals surface area contributed by atoms with Crippen LogP contribution >= 0.6 is 0 Å². The van der Waals surface area contributed by atoms with Crippen molar-refractivity contribution in [3.8, 4) is 0 Å². The van der Waals surface area contributed by atoms with E-state index in [1.165, 1.54) is 0 Å². The minimum atomic E-state index is 0. The molecule has 0 nitrogen and oxygen atoms in total. The summed E-state index contributed by atoms with van der Waals surface area (Å²) < 4.78 is 0. The fourth-order valence-corrected chi connectivity index (χ4v) is 0.621. The third-order valence-electron chi connectivity index (χ3n) is 2.16. The molecule has 14 heavy (non-hydrogen) atoms. The van der Waals surface area contributed by atoms with Crippen LogP contribution in [0.5, 0.6) is 0 Å². The van der Waals surface area contributed by atoms with Crippen molar-refractivity contribution in [3.05, 3.63) is 30.7 Å². The van der Waals surface area contributed by atoms with E-state index in [1.54, 1.807) is 0 Å². The molecule has 0 unspecified atom stereocenters. The van der Waals surface area contributed by atoms with E-state index in [4.69, 9.17) is 6.58 Å². The van der Waals surface area contributed by atoms with Gasteiger partial charge in [-0.05, 0) is 10.8 Å². The Kier molecular flexibility index (Phi) is 7.33. The molecule has 0 aromatic rings. The van der Waals surface area contributed by atoms with Gasteiger partial charge >= 0.3 is 51.4 Å². The van der Waals surface area contributed by atoms with Crippen molar-refractivity contribution in [2.75, 3.05) is 0 Å². The molecule has 1 heteroatoms. The summed E-state index contributed by atoms with van der Waals surface area (Å²) >= 11 is 0. The van der Waals surface area contributed by atoms with Crippen LogP contribution in [0.3, 0.4) is 0 Å². The molecule has 0 aliphatic carbocycles. The standard InChI is InChI=1S/C13H22.K/c1-10(12(3,4)5)9-11(2)13(6,7)8;/h1,9H,2H2,3-8H3;/q-2;+1/b11-9+;. The Hall–Kier alpha value is 0.986. The number of rotatable bonds is 1. The Morgan fingerprint density at radius 2 is 1.36 bits per heavy atom. The molecule has 0 heterocycles. The Morgan fingerprint density at radius 3 is 1.57 bits per heavy atom. The van der Waals surface area contributed by atoms with E-state index in [2.05, 4.69) is 48.5 Å². The number of hydrogen-bond acceptors (Lipinski definition) is 0. The Labute approximate surface area is 133 Å². The summed E-state index contributed by atoms with van der Waals surface area (Å²) in [6, 6.07) is 0. The zero-order valence-electron chi connectivity index (χ0n) is 10.9. The Balaban J connectivity index is 0. The van der Waals surface area contributed by atoms with Crippen molar-refractivity contribution in [1.29, 1.82) is 0 Å². The maximum atomic E-state index is 5.95. The summed E-state index contributed by atoms with van der Waals surface area (Å²) in [6.07, 6.45) is 2.00. The third-order valence-corrected chi connectivity index (χ3v) is 2.16. The minimum absolute atomic E-state index is 0. The molecule has 0 fully saturated rings. The van der Waals surface area contributed by atoms with Crippen molar-refractivity contribution in [1.82, 2.24) is 0 Å². The van der Waals surface area contributed by atoms with Crippen LogP contribution in [-0.4, -0.2) is 0 Å². The molecular weight excluding hydrogens is 195 g/mol. The first kappa shape index (κ1) is 17.4. The Morgan fingerprint density at radius 1 is 1.00 bits per heavy atom. The molecule has 0 amide bonds. The molecule has 0 saturated carbocycles. The zero-order chi connectivity index (χ0) is 10.9. The van der Waals surface area contributed by atoms with E-state index in [-0.39, 0.29) is 62.2 Å². The van der Waals surface area contributed by atoms with Crippen molar-refractivity contribution in [2.24, 2.45) is 10.8 Å². The Bertz CT molecular complexity index is 221. The molecule has 0 saturated heterocycles. The van der Waals surface area contributed by atoms with Crippen LogP contribution in [0.2, 0.25) is 0 Å². The van der Waals surface area contributed by atoms with Crippen LogP contribution in [0, 0.1) is 24.3 Å². The molecule has 0 aliphatic rings. The molecule has 0 N–H and O–H groups in total. The average molecular weight is 217 g/mol. The second kappa shape index (κ2) is 5.90. The molecule has 0 aromatic heterocycles. The molecule has 76 valence electrons. The van der Waals surface area contributed by atoms with Gasteiger partial charge in [0.2, 0.25) is 0 Å². The van der Waals surface area contributed by atoms with Gasteiger partial charge in [-0.2, -0.15) is 0 Å². The van der Waals surface area contributed by atoms with E-state index >= 15 is 0 Å². The minimum Gasteiger partial charge on any atom is -0.289 e. The number of allylic oxidation sites excluding steroid dienone is 3. The quantitative estimate of drug-likeness (QED) is 0.352. The second-order valence-electron chi connectivity index (χ2n) is 5.62. The molecule has 0 aromatic carbocycles. The second-order valence-corrected chi connectivity index (χ2v) is 5.62. The van der Waals surface area contributed by atoms with Gasteiger partial charge in [-0.15, -0.1) is 0 Å². The predicted octanol–water partition coefficient (Wildman–Crippen LogP) is 1.20. The number of hydrogen-bond donors (Lipinski definition) is 0. The normalized spacial score (nSPS) is 13.4. The van der Waals surface area contributed by atoms with Gasteiger partial charge in [-0.1, -0.05) is 41.5 Å². The van der Waals surface area contributed by atoms with Crippen molar-refractivity contribution < 1.29 is 51.4 Å². The largest absolute Gasteiger partial charge is 1.00 e. The van der Waals surface area contributed by atoms with Gasteiger partial charge in [0.25, 0.3) is 0 Å². The summed E-state index contributed by atoms with van der Waals surface area (Å²) in [5, 5.41) is 0. The maximum Gasteiger partial charge on any atom is 1.00 e. The summed E-state index contributed by atoms with van der Waals surface area (Å²) in [7, 11) is 0. The van der Waals surface area contributed by atoms with E-state index < -0.39 is 0 Å². The van der Waals surface area contributed by atoms with Crippen LogP contribution in [0.1, 0.15) is 41.5 Å². The van der Waals surface area contributed by atoms with Gasteiger partial charge in [-0.3, -0.25) is 6.58 Å². The first-order chi connectivity index (χ1) is 5.55. The summed E-state index contributed by atoms with van der Waals surface area (Å²) in [6.45, 7) is 22.7. The first-order valence-electron chi connectivity index (χ1n) is 4.72. The zero-order valence-corrected chi connectivity index (χ0v) is 14.0. The van der Waals surface area contributed by atoms with Gasteiger partial charge in [0.05, 0.1) is 0 Å². The van der Waals surface area contributed by atoms with Crippen molar-refractivity contribution in [2.45, 2.75) is 41.5 Å². The van der Waals surface area contributed by atoms with Crippen LogP contribution in [-0.2, 0) is 0 Å². The summed E-state index contributed by atoms with van der Waals surface area (Å²) in [5.74, 6) is 0. The molecule has 0 spiro atoms. The van der Waals surface area contributed by atoms with Gasteiger partial charge in [-0.25, -0.2) is 24.1 Å². The monoisotopic (exact) mass is 217 g/mol. The van der Waals surface area contributed by atoms with E-state index in [0.29, 0.717) is 0 Å². The van der Waals surface area contributed by atoms with Crippen molar-refractivity contribution in [3.63, 3.8) is 0 Å². The van der Waals surface area contributed by atoms with Crippen LogP contribution < -0.4 is 51.4 Å². The SMILES string of the molecule is [CH-]=C(/C=C(\[CH2-])C(C)(C)C)C(C)(C)C.[K+]. The maximum absolute atomic E-state index is 5.95. The molecular formula is C13H22K-. The fourth-order valence-electron chi connectivity index (χ4n) is 0.621. The van der Waals surface area contributed by atoms with Crippen LogP contribution in [0.25, 0.3) is 0 Å². The van der Waals surface area contributed by atoms with Gasteiger partial charge < -0.3 is 0 Å². The molecule has 0 aliphatic heterocycles. The summed E-state index contributed by atoms with van der Waals surface area (Å²) in [4.78, 5) is 0. The van der Waals surface area contributed by atoms with Crippen molar-refractivity contribution >= 4 is 0 Å². The average Bonchev–Trinajstić information content (AvgIpc) is 1.82. The van der Waals surface area contributed by atoms with Gasteiger partial charge in [0.15, 0.2) is 0 Å². The molecule has 0 rings (SSSR count). The molecule has 0 radical (unpaired) electrons. The van der Waals surface area contributed by atoms with Crippen LogP contribution in [0.4, 0.5) is 0 Å². The van der Waals surface area contributed by atoms with E-state index in [9.17, 15) is 0 Å².